The number of aromatic amines is 1. The molecule has 1 aromatic carbocycles. The Bertz CT molecular complexity index is 650. The molecule has 0 aliphatic heterocycles. The fourth-order valence-corrected chi connectivity index (χ4v) is 2.89. The van der Waals surface area contributed by atoms with E-state index in [4.69, 9.17) is 11.6 Å². The van der Waals surface area contributed by atoms with Crippen molar-refractivity contribution in [2.45, 2.75) is 25.2 Å². The molecule has 0 spiro atoms. The third-order valence-electron chi connectivity index (χ3n) is 3.56. The van der Waals surface area contributed by atoms with Gasteiger partial charge in [-0.05, 0) is 37.0 Å². The van der Waals surface area contributed by atoms with Crippen molar-refractivity contribution in [3.8, 4) is 0 Å². The van der Waals surface area contributed by atoms with E-state index in [-0.39, 0.29) is 5.02 Å². The van der Waals surface area contributed by atoms with E-state index in [1.165, 1.54) is 6.07 Å². The fourth-order valence-electron chi connectivity index (χ4n) is 2.74. The fraction of sp³-hybridized carbons (Fsp3) is 0.308. The van der Waals surface area contributed by atoms with Crippen LogP contribution in [0.1, 0.15) is 30.0 Å². The van der Waals surface area contributed by atoms with E-state index in [9.17, 15) is 14.3 Å². The maximum atomic E-state index is 14.0. The summed E-state index contributed by atoms with van der Waals surface area (Å²) in [6, 6.07) is 3.18. The second-order valence-electron chi connectivity index (χ2n) is 4.58. The number of benzene rings is 1. The molecular weight excluding hydrogens is 257 g/mol. The Morgan fingerprint density at radius 2 is 2.28 bits per heavy atom. The second-order valence-corrected chi connectivity index (χ2v) is 4.99. The molecule has 18 heavy (non-hydrogen) atoms. The van der Waals surface area contributed by atoms with Crippen molar-refractivity contribution in [1.29, 1.82) is 0 Å². The van der Waals surface area contributed by atoms with Crippen molar-refractivity contribution >= 4 is 28.5 Å². The highest BCUT2D eigenvalue weighted by Crippen LogP contribution is 2.38. The lowest BCUT2D eigenvalue weighted by Crippen LogP contribution is -2.17. The van der Waals surface area contributed by atoms with Crippen molar-refractivity contribution in [1.82, 2.24) is 4.98 Å². The molecule has 3 rings (SSSR count). The molecule has 0 amide bonds. The number of fused-ring (bicyclic) bond motifs is 3. The van der Waals surface area contributed by atoms with Gasteiger partial charge in [-0.3, -0.25) is 4.79 Å². The maximum Gasteiger partial charge on any atom is 0.312 e. The number of nitrogens with one attached hydrogen (secondary N) is 1. The number of rotatable bonds is 1. The first-order valence-corrected chi connectivity index (χ1v) is 6.18. The minimum Gasteiger partial charge on any atom is -0.481 e. The molecule has 5 heteroatoms. The molecule has 2 N–H and O–H groups in total. The van der Waals surface area contributed by atoms with E-state index in [1.807, 2.05) is 0 Å². The molecule has 3 nitrogen and oxygen atoms in total. The zero-order valence-corrected chi connectivity index (χ0v) is 10.2. The van der Waals surface area contributed by atoms with Gasteiger partial charge in [-0.25, -0.2) is 4.39 Å². The van der Waals surface area contributed by atoms with Crippen LogP contribution in [0.2, 0.25) is 5.02 Å². The summed E-state index contributed by atoms with van der Waals surface area (Å²) in [5, 5.41) is 9.71. The van der Waals surface area contributed by atoms with Crippen LogP contribution < -0.4 is 0 Å². The molecule has 2 aromatic rings. The molecule has 1 heterocycles. The Balaban J connectivity index is 2.31. The Kier molecular flexibility index (Phi) is 2.55. The predicted molar refractivity (Wildman–Crippen MR) is 66.6 cm³/mol. The van der Waals surface area contributed by atoms with Crippen LogP contribution in [0.15, 0.2) is 12.1 Å². The smallest absolute Gasteiger partial charge is 0.312 e. The number of carbonyl (C=O) groups is 1. The lowest BCUT2D eigenvalue weighted by molar-refractivity contribution is -0.139. The van der Waals surface area contributed by atoms with Crippen LogP contribution in [0.5, 0.6) is 0 Å². The van der Waals surface area contributed by atoms with Gasteiger partial charge >= 0.3 is 5.97 Å². The molecule has 0 fully saturated rings. The van der Waals surface area contributed by atoms with E-state index >= 15 is 0 Å². The number of halogens is 2. The van der Waals surface area contributed by atoms with Crippen LogP contribution in [0.4, 0.5) is 4.39 Å². The van der Waals surface area contributed by atoms with Crippen molar-refractivity contribution in [2.75, 3.05) is 0 Å². The summed E-state index contributed by atoms with van der Waals surface area (Å²) in [7, 11) is 0. The standard InChI is InChI=1S/C13H11ClFNO2/c14-8-4-5-9-10(11(8)15)6-2-1-3-7(13(17)18)12(6)16-9/h4-5,7,16H,1-3H2,(H,17,18). The topological polar surface area (TPSA) is 53.1 Å². The van der Waals surface area contributed by atoms with Gasteiger partial charge in [0.25, 0.3) is 0 Å². The molecule has 1 atom stereocenters. The van der Waals surface area contributed by atoms with Gasteiger partial charge in [0, 0.05) is 16.6 Å². The van der Waals surface area contributed by atoms with Crippen LogP contribution in [-0.2, 0) is 11.2 Å². The lowest BCUT2D eigenvalue weighted by atomic mass is 9.87. The highest BCUT2D eigenvalue weighted by Gasteiger charge is 2.30. The Morgan fingerprint density at radius 3 is 3.00 bits per heavy atom. The molecule has 0 saturated heterocycles. The summed E-state index contributed by atoms with van der Waals surface area (Å²) in [6.45, 7) is 0. The first-order valence-electron chi connectivity index (χ1n) is 5.81. The molecule has 1 unspecified atom stereocenters. The van der Waals surface area contributed by atoms with Gasteiger partial charge in [0.15, 0.2) is 5.82 Å². The van der Waals surface area contributed by atoms with E-state index in [0.29, 0.717) is 29.4 Å². The first kappa shape index (κ1) is 11.5. The highest BCUT2D eigenvalue weighted by molar-refractivity contribution is 6.31. The number of hydrogen-bond donors (Lipinski definition) is 2. The van der Waals surface area contributed by atoms with Crippen molar-refractivity contribution in [3.63, 3.8) is 0 Å². The van der Waals surface area contributed by atoms with Crippen LogP contribution in [0.25, 0.3) is 10.9 Å². The number of hydrogen-bond acceptors (Lipinski definition) is 1. The van der Waals surface area contributed by atoms with E-state index < -0.39 is 17.7 Å². The summed E-state index contributed by atoms with van der Waals surface area (Å²) in [5.74, 6) is -1.90. The molecule has 1 aromatic heterocycles. The number of aryl methyl sites for hydroxylation is 1. The van der Waals surface area contributed by atoms with Gasteiger partial charge in [0.1, 0.15) is 0 Å². The minimum absolute atomic E-state index is 0.0711. The summed E-state index contributed by atoms with van der Waals surface area (Å²) in [5.41, 5.74) is 2.02. The number of carboxylic acids is 1. The summed E-state index contributed by atoms with van der Waals surface area (Å²) >= 11 is 5.78. The van der Waals surface area contributed by atoms with Crippen LogP contribution >= 0.6 is 11.6 Å². The van der Waals surface area contributed by atoms with Crippen LogP contribution in [0, 0.1) is 5.82 Å². The zero-order chi connectivity index (χ0) is 12.9. The SMILES string of the molecule is O=C(O)C1CCCc2c1[nH]c1ccc(Cl)c(F)c21. The molecule has 94 valence electrons. The first-order chi connectivity index (χ1) is 8.59. The molecule has 1 aliphatic rings. The summed E-state index contributed by atoms with van der Waals surface area (Å²) in [6.07, 6.45) is 2.03. The molecule has 0 bridgehead atoms. The summed E-state index contributed by atoms with van der Waals surface area (Å²) in [4.78, 5) is 14.2. The van der Waals surface area contributed by atoms with E-state index in [1.54, 1.807) is 6.07 Å². The normalized spacial score (nSPS) is 18.9. The number of aliphatic carboxylic acids is 1. The quantitative estimate of drug-likeness (QED) is 0.831. The maximum absolute atomic E-state index is 14.0. The van der Waals surface area contributed by atoms with Gasteiger partial charge in [-0.2, -0.15) is 0 Å². The highest BCUT2D eigenvalue weighted by atomic mass is 35.5. The minimum atomic E-state index is -0.867. The van der Waals surface area contributed by atoms with Crippen molar-refractivity contribution in [3.05, 3.63) is 34.2 Å². The van der Waals surface area contributed by atoms with Gasteiger partial charge in [0.2, 0.25) is 0 Å². The Labute approximate surface area is 108 Å². The van der Waals surface area contributed by atoms with Crippen molar-refractivity contribution in [2.24, 2.45) is 0 Å². The molecular formula is C13H11ClFNO2. The van der Waals surface area contributed by atoms with Gasteiger partial charge < -0.3 is 10.1 Å². The number of H-pyrrole nitrogens is 1. The predicted octanol–water partition coefficient (Wildman–Crippen LogP) is 3.46. The van der Waals surface area contributed by atoms with E-state index in [0.717, 1.165) is 12.0 Å². The average Bonchev–Trinajstić information content (AvgIpc) is 2.72. The lowest BCUT2D eigenvalue weighted by Gasteiger charge is -2.18. The molecule has 0 saturated carbocycles. The third kappa shape index (κ3) is 1.52. The Hall–Kier alpha value is -1.55. The van der Waals surface area contributed by atoms with Gasteiger partial charge in [0.05, 0.1) is 10.9 Å². The van der Waals surface area contributed by atoms with Crippen LogP contribution in [-0.4, -0.2) is 16.1 Å². The van der Waals surface area contributed by atoms with E-state index in [2.05, 4.69) is 4.98 Å². The Morgan fingerprint density at radius 1 is 1.50 bits per heavy atom. The van der Waals surface area contributed by atoms with Crippen molar-refractivity contribution < 1.29 is 14.3 Å². The zero-order valence-electron chi connectivity index (χ0n) is 9.46. The summed E-state index contributed by atoms with van der Waals surface area (Å²) < 4.78 is 14.0. The molecule has 0 radical (unpaired) electrons. The van der Waals surface area contributed by atoms with Crippen LogP contribution in [0.3, 0.4) is 0 Å². The van der Waals surface area contributed by atoms with Gasteiger partial charge in [-0.15, -0.1) is 0 Å². The van der Waals surface area contributed by atoms with Gasteiger partial charge in [-0.1, -0.05) is 11.6 Å². The second kappa shape index (κ2) is 3.99. The third-order valence-corrected chi connectivity index (χ3v) is 3.85. The average molecular weight is 268 g/mol. The molecule has 1 aliphatic carbocycles. The monoisotopic (exact) mass is 267 g/mol. The number of aromatic nitrogens is 1. The number of carboxylic acid groups (broad SMARTS) is 1. The largest absolute Gasteiger partial charge is 0.481 e.